The van der Waals surface area contributed by atoms with E-state index in [9.17, 15) is 21.6 Å². The van der Waals surface area contributed by atoms with Crippen molar-refractivity contribution in [2.24, 2.45) is 0 Å². The number of nitrogens with zero attached hydrogens (tertiary/aromatic N) is 4. The summed E-state index contributed by atoms with van der Waals surface area (Å²) >= 11 is 0. The average molecular weight is 598 g/mol. The summed E-state index contributed by atoms with van der Waals surface area (Å²) in [5, 5.41) is 6.89. The van der Waals surface area contributed by atoms with E-state index in [1.807, 2.05) is 19.0 Å². The SMILES string of the molecule is CN(C)[C@@]1(CCc2cccc(C(F)(F)F)c2)CCCN(c2ccc(S(=O)(=O)Nc3ccncn3)c(F)c2)C1.O=CO. The highest BCUT2D eigenvalue weighted by atomic mass is 32.2. The summed E-state index contributed by atoms with van der Waals surface area (Å²) in [5.41, 5.74) is 0.116. The molecule has 0 radical (unpaired) electrons. The summed E-state index contributed by atoms with van der Waals surface area (Å²) in [6, 6.07) is 10.7. The lowest BCUT2D eigenvalue weighted by Gasteiger charge is -2.48. The largest absolute Gasteiger partial charge is 0.483 e. The first kappa shape index (κ1) is 31.7. The number of sulfonamides is 1. The minimum Gasteiger partial charge on any atom is -0.483 e. The lowest BCUT2D eigenvalue weighted by molar-refractivity contribution is -0.137. The van der Waals surface area contributed by atoms with Gasteiger partial charge in [-0.3, -0.25) is 9.52 Å². The zero-order valence-corrected chi connectivity index (χ0v) is 23.3. The Kier molecular flexibility index (Phi) is 10.3. The number of benzene rings is 2. The van der Waals surface area contributed by atoms with Crippen LogP contribution < -0.4 is 9.62 Å². The monoisotopic (exact) mass is 597 g/mol. The molecule has 1 aromatic heterocycles. The topological polar surface area (TPSA) is 116 Å². The molecule has 2 heterocycles. The second-order valence-corrected chi connectivity index (χ2v) is 11.4. The minimum atomic E-state index is -4.40. The molecule has 0 saturated carbocycles. The number of hydrogen-bond acceptors (Lipinski definition) is 7. The van der Waals surface area contributed by atoms with Crippen molar-refractivity contribution in [3.8, 4) is 0 Å². The van der Waals surface area contributed by atoms with E-state index in [2.05, 4.69) is 19.6 Å². The van der Waals surface area contributed by atoms with Crippen LogP contribution in [0.4, 0.5) is 29.1 Å². The molecule has 222 valence electrons. The number of piperidine rings is 1. The highest BCUT2D eigenvalue weighted by Crippen LogP contribution is 2.35. The third-order valence-corrected chi connectivity index (χ3v) is 8.42. The molecule has 1 aliphatic heterocycles. The van der Waals surface area contributed by atoms with E-state index in [-0.39, 0.29) is 17.8 Å². The number of halogens is 4. The second kappa shape index (κ2) is 13.3. The van der Waals surface area contributed by atoms with Gasteiger partial charge in [0.05, 0.1) is 5.56 Å². The van der Waals surface area contributed by atoms with Crippen LogP contribution in [0.25, 0.3) is 0 Å². The molecular formula is C27H31F4N5O4S. The van der Waals surface area contributed by atoms with Crippen molar-refractivity contribution < 1.29 is 35.9 Å². The maximum Gasteiger partial charge on any atom is 0.416 e. The quantitative estimate of drug-likeness (QED) is 0.285. The standard InChI is InChI=1S/C26H29F4N5O2S.CH2O2/c1-34(2)25(12-9-19-5-3-6-20(15-19)26(28,29)30)11-4-14-35(17-25)21-7-8-23(22(27)16-21)38(36,37)33-24-10-13-31-18-32-24;2-1-3/h3,5-8,10,13,15-16,18H,4,9,11-12,14,17H2,1-2H3,(H,31,32,33);1H,(H,2,3)/t25-;/m1./s1. The van der Waals surface area contributed by atoms with Crippen molar-refractivity contribution in [2.45, 2.75) is 42.3 Å². The molecule has 3 aromatic rings. The minimum absolute atomic E-state index is 0.0241. The molecule has 0 unspecified atom stereocenters. The van der Waals surface area contributed by atoms with E-state index in [0.717, 1.165) is 18.9 Å². The van der Waals surface area contributed by atoms with Gasteiger partial charge >= 0.3 is 6.18 Å². The molecule has 0 amide bonds. The van der Waals surface area contributed by atoms with Gasteiger partial charge in [0.1, 0.15) is 22.9 Å². The predicted molar refractivity (Wildman–Crippen MR) is 146 cm³/mol. The fourth-order valence-corrected chi connectivity index (χ4v) is 5.92. The fourth-order valence-electron chi connectivity index (χ4n) is 4.85. The maximum atomic E-state index is 15.1. The van der Waals surface area contributed by atoms with Crippen molar-refractivity contribution in [3.63, 3.8) is 0 Å². The van der Waals surface area contributed by atoms with E-state index in [4.69, 9.17) is 9.90 Å². The van der Waals surface area contributed by atoms with Gasteiger partial charge in [0.2, 0.25) is 0 Å². The highest BCUT2D eigenvalue weighted by Gasteiger charge is 2.38. The van der Waals surface area contributed by atoms with E-state index in [0.29, 0.717) is 37.2 Å². The summed E-state index contributed by atoms with van der Waals surface area (Å²) in [5.74, 6) is -0.870. The lowest BCUT2D eigenvalue weighted by atomic mass is 9.82. The molecule has 1 atom stereocenters. The van der Waals surface area contributed by atoms with Gasteiger partial charge < -0.3 is 14.9 Å². The zero-order valence-electron chi connectivity index (χ0n) is 22.5. The lowest BCUT2D eigenvalue weighted by Crippen LogP contribution is -2.56. The van der Waals surface area contributed by atoms with Gasteiger partial charge in [-0.15, -0.1) is 0 Å². The number of hydrogen-bond donors (Lipinski definition) is 2. The number of rotatable bonds is 8. The Hall–Kier alpha value is -3.78. The summed E-state index contributed by atoms with van der Waals surface area (Å²) < 4.78 is 82.2. The van der Waals surface area contributed by atoms with Crippen LogP contribution in [0.2, 0.25) is 0 Å². The van der Waals surface area contributed by atoms with Crippen molar-refractivity contribution in [2.75, 3.05) is 36.8 Å². The summed E-state index contributed by atoms with van der Waals surface area (Å²) in [6.45, 7) is 0.910. The smallest absolute Gasteiger partial charge is 0.416 e. The van der Waals surface area contributed by atoms with Gasteiger partial charge in [0, 0.05) is 30.5 Å². The molecule has 0 spiro atoms. The molecular weight excluding hydrogens is 566 g/mol. The van der Waals surface area contributed by atoms with Crippen LogP contribution in [0.5, 0.6) is 0 Å². The third-order valence-electron chi connectivity index (χ3n) is 7.03. The molecule has 0 aliphatic carbocycles. The summed E-state index contributed by atoms with van der Waals surface area (Å²) in [7, 11) is -0.333. The number of carboxylic acid groups (broad SMARTS) is 1. The van der Waals surface area contributed by atoms with E-state index in [1.54, 1.807) is 12.1 Å². The molecule has 4 rings (SSSR count). The summed E-state index contributed by atoms with van der Waals surface area (Å²) in [4.78, 5) is 19.5. The Morgan fingerprint density at radius 3 is 2.51 bits per heavy atom. The van der Waals surface area contributed by atoms with Crippen LogP contribution >= 0.6 is 0 Å². The third kappa shape index (κ3) is 8.13. The van der Waals surface area contributed by atoms with Crippen LogP contribution in [-0.4, -0.2) is 67.6 Å². The molecule has 1 aliphatic rings. The number of anilines is 2. The van der Waals surface area contributed by atoms with E-state index >= 15 is 4.39 Å². The predicted octanol–water partition coefficient (Wildman–Crippen LogP) is 4.67. The van der Waals surface area contributed by atoms with Gasteiger partial charge in [-0.2, -0.15) is 13.2 Å². The van der Waals surface area contributed by atoms with Crippen molar-refractivity contribution >= 4 is 28.0 Å². The van der Waals surface area contributed by atoms with Gasteiger partial charge in [0.15, 0.2) is 0 Å². The van der Waals surface area contributed by atoms with Crippen molar-refractivity contribution in [1.82, 2.24) is 14.9 Å². The maximum absolute atomic E-state index is 15.1. The normalized spacial score (nSPS) is 17.5. The summed E-state index contributed by atoms with van der Waals surface area (Å²) in [6.07, 6.45) is 0.824. The van der Waals surface area contributed by atoms with Crippen molar-refractivity contribution in [3.05, 3.63) is 78.0 Å². The second-order valence-electron chi connectivity index (χ2n) is 9.76. The van der Waals surface area contributed by atoms with Gasteiger partial charge in [0.25, 0.3) is 16.5 Å². The molecule has 1 saturated heterocycles. The molecule has 41 heavy (non-hydrogen) atoms. The molecule has 2 N–H and O–H groups in total. The van der Waals surface area contributed by atoms with Crippen LogP contribution in [0.1, 0.15) is 30.4 Å². The van der Waals surface area contributed by atoms with Crippen molar-refractivity contribution in [1.29, 1.82) is 0 Å². The van der Waals surface area contributed by atoms with Gasteiger partial charge in [-0.25, -0.2) is 22.8 Å². The Morgan fingerprint density at radius 2 is 1.90 bits per heavy atom. The molecule has 14 heteroatoms. The Bertz CT molecular complexity index is 1420. The van der Waals surface area contributed by atoms with Gasteiger partial charge in [-0.05, 0) is 75.7 Å². The number of nitrogens with one attached hydrogen (secondary N) is 1. The van der Waals surface area contributed by atoms with E-state index < -0.39 is 32.5 Å². The number of alkyl halides is 3. The zero-order chi connectivity index (χ0) is 30.3. The highest BCUT2D eigenvalue weighted by molar-refractivity contribution is 7.92. The van der Waals surface area contributed by atoms with Crippen LogP contribution in [0, 0.1) is 5.82 Å². The molecule has 9 nitrogen and oxygen atoms in total. The van der Waals surface area contributed by atoms with Crippen LogP contribution in [-0.2, 0) is 27.4 Å². The Labute approximate surface area is 235 Å². The van der Waals surface area contributed by atoms with Crippen LogP contribution in [0.15, 0.2) is 66.0 Å². The number of aromatic nitrogens is 2. The molecule has 2 aromatic carbocycles. The fraction of sp³-hybridized carbons (Fsp3) is 0.370. The Morgan fingerprint density at radius 1 is 1.17 bits per heavy atom. The average Bonchev–Trinajstić information content (AvgIpc) is 2.92. The Balaban J connectivity index is 0.00000147. The van der Waals surface area contributed by atoms with E-state index in [1.165, 1.54) is 42.9 Å². The number of likely N-dealkylation sites (N-methyl/N-ethyl adjacent to an activating group) is 1. The molecule has 1 fully saturated rings. The first-order chi connectivity index (χ1) is 19.3. The van der Waals surface area contributed by atoms with Gasteiger partial charge in [-0.1, -0.05) is 18.2 Å². The number of aryl methyl sites for hydroxylation is 1. The molecule has 0 bridgehead atoms. The number of carbonyl (C=O) groups is 1. The first-order valence-corrected chi connectivity index (χ1v) is 14.0. The van der Waals surface area contributed by atoms with Crippen LogP contribution in [0.3, 0.4) is 0 Å². The first-order valence-electron chi connectivity index (χ1n) is 12.6.